The van der Waals surface area contributed by atoms with Crippen molar-refractivity contribution in [2.24, 2.45) is 5.92 Å². The van der Waals surface area contributed by atoms with E-state index >= 15 is 0 Å². The summed E-state index contributed by atoms with van der Waals surface area (Å²) in [6.07, 6.45) is 6.28. The number of rotatable bonds is 11. The molecular formula is C37H51N3O7. The number of nitrogens with one attached hydrogen (secondary N) is 2. The van der Waals surface area contributed by atoms with Crippen LogP contribution in [0, 0.1) is 5.92 Å². The molecule has 10 heteroatoms. The number of fused-ring (bicyclic) bond motifs is 1. The van der Waals surface area contributed by atoms with Crippen LogP contribution in [0.2, 0.25) is 0 Å². The lowest BCUT2D eigenvalue weighted by Gasteiger charge is -2.50. The normalized spacial score (nSPS) is 26.6. The van der Waals surface area contributed by atoms with Crippen LogP contribution >= 0.6 is 0 Å². The van der Waals surface area contributed by atoms with Gasteiger partial charge in [-0.05, 0) is 82.1 Å². The molecule has 5 rings (SSSR count). The highest BCUT2D eigenvalue weighted by Gasteiger charge is 2.44. The van der Waals surface area contributed by atoms with Crippen molar-refractivity contribution in [3.05, 3.63) is 65.2 Å². The van der Waals surface area contributed by atoms with E-state index in [1.165, 1.54) is 12.8 Å². The molecule has 0 unspecified atom stereocenters. The van der Waals surface area contributed by atoms with E-state index in [1.807, 2.05) is 63.2 Å². The van der Waals surface area contributed by atoms with Crippen molar-refractivity contribution in [2.45, 2.75) is 128 Å². The fraction of sp³-hybridized carbons (Fsp3) is 0.595. The van der Waals surface area contributed by atoms with Crippen LogP contribution in [0.25, 0.3) is 0 Å². The van der Waals surface area contributed by atoms with Crippen molar-refractivity contribution in [3.63, 3.8) is 0 Å². The molecule has 0 aromatic heterocycles. The topological polar surface area (TPSA) is 137 Å². The van der Waals surface area contributed by atoms with Crippen molar-refractivity contribution < 1.29 is 34.1 Å². The van der Waals surface area contributed by atoms with Crippen LogP contribution in [0.15, 0.2) is 48.5 Å². The quantitative estimate of drug-likeness (QED) is 0.238. The Balaban J connectivity index is 1.39. The number of carbonyl (C=O) groups is 3. The maximum Gasteiger partial charge on any atom is 0.303 e. The number of aliphatic hydroxyl groups is 1. The molecule has 0 spiro atoms. The summed E-state index contributed by atoms with van der Waals surface area (Å²) in [5.41, 5.74) is 2.83. The summed E-state index contributed by atoms with van der Waals surface area (Å²) in [6, 6.07) is 15.3. The van der Waals surface area contributed by atoms with Gasteiger partial charge in [-0.15, -0.1) is 0 Å². The van der Waals surface area contributed by atoms with E-state index in [9.17, 15) is 19.5 Å². The van der Waals surface area contributed by atoms with Crippen LogP contribution in [0.5, 0.6) is 0 Å². The molecule has 2 amide bonds. The first-order valence-electron chi connectivity index (χ1n) is 17.2. The van der Waals surface area contributed by atoms with Crippen molar-refractivity contribution in [3.8, 4) is 0 Å². The van der Waals surface area contributed by atoms with E-state index < -0.39 is 12.3 Å². The number of aliphatic hydroxyl groups excluding tert-OH is 1. The number of likely N-dealkylation sites (tertiary alicyclic amines) is 1. The van der Waals surface area contributed by atoms with Gasteiger partial charge in [0.1, 0.15) is 0 Å². The first-order chi connectivity index (χ1) is 22.5. The van der Waals surface area contributed by atoms with E-state index in [1.54, 1.807) is 6.07 Å². The lowest BCUT2D eigenvalue weighted by molar-refractivity contribution is -0.255. The fourth-order valence-electron chi connectivity index (χ4n) is 7.38. The third-order valence-electron chi connectivity index (χ3n) is 9.57. The molecule has 2 aromatic rings. The van der Waals surface area contributed by atoms with E-state index in [0.29, 0.717) is 30.6 Å². The summed E-state index contributed by atoms with van der Waals surface area (Å²) >= 11 is 0. The molecule has 10 nitrogen and oxygen atoms in total. The Bertz CT molecular complexity index is 1370. The van der Waals surface area contributed by atoms with Gasteiger partial charge in [-0.25, -0.2) is 0 Å². The molecule has 2 heterocycles. The summed E-state index contributed by atoms with van der Waals surface area (Å²) in [7, 11) is 0. The van der Waals surface area contributed by atoms with E-state index in [0.717, 1.165) is 42.4 Å². The van der Waals surface area contributed by atoms with Crippen molar-refractivity contribution in [1.29, 1.82) is 0 Å². The largest absolute Gasteiger partial charge is 0.481 e. The Hall–Kier alpha value is -3.31. The molecule has 256 valence electrons. The standard InChI is InChI=1S/C37H51N3O7/c1-37(2,3)39-35(45)31-19-18-25-8-4-5-11-30(25)40(31)22-29-21-32(26-16-14-24(23-41)15-17-26)47-36(46-29)27-9-6-10-28(20-27)38-33(42)12-7-13-34(43)44/h6,9-10,14-17,20,25,29-32,36,41H,4-5,7-8,11-13,18-19,21-23H2,1-3H3,(H,38,42)(H,39,45)(H,43,44)/t25-,29-,30-,31-,32+,36+/m1/s1. The van der Waals surface area contributed by atoms with Gasteiger partial charge in [-0.1, -0.05) is 49.2 Å². The molecule has 1 saturated carbocycles. The number of carboxylic acid groups (broad SMARTS) is 1. The van der Waals surface area contributed by atoms with Gasteiger partial charge in [0.2, 0.25) is 11.8 Å². The summed E-state index contributed by atoms with van der Waals surface area (Å²) in [5, 5.41) is 24.6. The van der Waals surface area contributed by atoms with Gasteiger partial charge in [0.05, 0.1) is 24.9 Å². The summed E-state index contributed by atoms with van der Waals surface area (Å²) in [4.78, 5) is 39.5. The summed E-state index contributed by atoms with van der Waals surface area (Å²) in [6.45, 7) is 6.63. The first-order valence-corrected chi connectivity index (χ1v) is 17.2. The first kappa shape index (κ1) is 35.0. The molecule has 3 aliphatic rings. The summed E-state index contributed by atoms with van der Waals surface area (Å²) in [5.74, 6) is -0.518. The van der Waals surface area contributed by atoms with Gasteiger partial charge >= 0.3 is 5.97 Å². The molecular weight excluding hydrogens is 598 g/mol. The zero-order chi connectivity index (χ0) is 33.6. The van der Waals surface area contributed by atoms with Crippen LogP contribution in [0.4, 0.5) is 5.69 Å². The number of carbonyl (C=O) groups excluding carboxylic acids is 2. The Morgan fingerprint density at radius 2 is 1.70 bits per heavy atom. The Kier molecular flexibility index (Phi) is 11.7. The van der Waals surface area contributed by atoms with E-state index in [4.69, 9.17) is 14.6 Å². The van der Waals surface area contributed by atoms with Gasteiger partial charge < -0.3 is 30.3 Å². The molecule has 3 fully saturated rings. The predicted molar refractivity (Wildman–Crippen MR) is 178 cm³/mol. The number of nitrogens with zero attached hydrogens (tertiary/aromatic N) is 1. The molecule has 1 aliphatic carbocycles. The molecule has 6 atom stereocenters. The zero-order valence-electron chi connectivity index (χ0n) is 28.0. The lowest BCUT2D eigenvalue weighted by atomic mass is 9.75. The third kappa shape index (κ3) is 9.63. The lowest BCUT2D eigenvalue weighted by Crippen LogP contribution is -2.61. The number of benzene rings is 2. The zero-order valence-corrected chi connectivity index (χ0v) is 28.0. The molecule has 2 aliphatic heterocycles. The highest BCUT2D eigenvalue weighted by molar-refractivity contribution is 5.91. The number of amides is 2. The Morgan fingerprint density at radius 3 is 2.43 bits per heavy atom. The monoisotopic (exact) mass is 649 g/mol. The van der Waals surface area contributed by atoms with Crippen LogP contribution in [0.3, 0.4) is 0 Å². The minimum atomic E-state index is -0.925. The van der Waals surface area contributed by atoms with Gasteiger partial charge in [0, 0.05) is 48.6 Å². The van der Waals surface area contributed by atoms with Crippen LogP contribution in [-0.4, -0.2) is 63.2 Å². The molecule has 4 N–H and O–H groups in total. The molecule has 0 radical (unpaired) electrons. The third-order valence-corrected chi connectivity index (χ3v) is 9.57. The highest BCUT2D eigenvalue weighted by Crippen LogP contribution is 2.42. The second-order valence-electron chi connectivity index (χ2n) is 14.4. The number of carboxylic acids is 1. The second-order valence-corrected chi connectivity index (χ2v) is 14.4. The smallest absolute Gasteiger partial charge is 0.303 e. The Labute approximate surface area is 278 Å². The van der Waals surface area contributed by atoms with Crippen LogP contribution in [0.1, 0.15) is 114 Å². The molecule has 47 heavy (non-hydrogen) atoms. The maximum atomic E-state index is 13.7. The SMILES string of the molecule is CC(C)(C)NC(=O)[C@H]1CC[C@H]2CCCC[C@H]2N1C[C@H]1C[C@@H](c2ccc(CO)cc2)O[C@@H](c2cccc(NC(=O)CCCC(=O)O)c2)O1. The molecule has 2 aromatic carbocycles. The number of aliphatic carboxylic acids is 1. The minimum Gasteiger partial charge on any atom is -0.481 e. The maximum absolute atomic E-state index is 13.7. The number of piperidine rings is 1. The molecule has 2 saturated heterocycles. The van der Waals surface area contributed by atoms with Gasteiger partial charge in [0.15, 0.2) is 6.29 Å². The minimum absolute atomic E-state index is 0.0372. The Morgan fingerprint density at radius 1 is 0.936 bits per heavy atom. The van der Waals surface area contributed by atoms with Gasteiger partial charge in [-0.2, -0.15) is 0 Å². The molecule has 0 bridgehead atoms. The van der Waals surface area contributed by atoms with Gasteiger partial charge in [0.25, 0.3) is 0 Å². The fourth-order valence-corrected chi connectivity index (χ4v) is 7.38. The predicted octanol–water partition coefficient (Wildman–Crippen LogP) is 5.86. The van der Waals surface area contributed by atoms with Crippen molar-refractivity contribution in [1.82, 2.24) is 10.2 Å². The summed E-state index contributed by atoms with van der Waals surface area (Å²) < 4.78 is 13.3. The highest BCUT2D eigenvalue weighted by atomic mass is 16.7. The van der Waals surface area contributed by atoms with E-state index in [2.05, 4.69) is 15.5 Å². The van der Waals surface area contributed by atoms with Gasteiger partial charge in [-0.3, -0.25) is 19.3 Å². The van der Waals surface area contributed by atoms with Crippen molar-refractivity contribution in [2.75, 3.05) is 11.9 Å². The van der Waals surface area contributed by atoms with E-state index in [-0.39, 0.29) is 61.5 Å². The average Bonchev–Trinajstić information content (AvgIpc) is 3.04. The van der Waals surface area contributed by atoms with Crippen LogP contribution < -0.4 is 10.6 Å². The number of hydrogen-bond donors (Lipinski definition) is 4. The average molecular weight is 650 g/mol. The number of hydrogen-bond acceptors (Lipinski definition) is 7. The van der Waals surface area contributed by atoms with Crippen LogP contribution in [-0.2, 0) is 30.5 Å². The van der Waals surface area contributed by atoms with Crippen molar-refractivity contribution >= 4 is 23.5 Å². The number of anilines is 1. The number of ether oxygens (including phenoxy) is 2. The second kappa shape index (κ2) is 15.7.